The van der Waals surface area contributed by atoms with E-state index < -0.39 is 0 Å². The van der Waals surface area contributed by atoms with Crippen molar-refractivity contribution >= 4 is 17.2 Å². The molecule has 0 spiro atoms. The van der Waals surface area contributed by atoms with E-state index in [1.165, 1.54) is 10.4 Å². The van der Waals surface area contributed by atoms with Crippen LogP contribution in [0.3, 0.4) is 0 Å². The van der Waals surface area contributed by atoms with Crippen molar-refractivity contribution in [2.45, 2.75) is 25.9 Å². The number of likely N-dealkylation sites (N-methyl/N-ethyl adjacent to an activating group) is 1. The van der Waals surface area contributed by atoms with Crippen LogP contribution in [0.15, 0.2) is 54.2 Å². The van der Waals surface area contributed by atoms with Crippen LogP contribution in [0.4, 0.5) is 0 Å². The number of carbonyl (C=O) groups is 1. The molecule has 1 aromatic carbocycles. The fourth-order valence-electron chi connectivity index (χ4n) is 3.60. The first kappa shape index (κ1) is 17.9. The summed E-state index contributed by atoms with van der Waals surface area (Å²) < 4.78 is 1.85. The molecule has 140 valence electrons. The van der Waals surface area contributed by atoms with Gasteiger partial charge in [-0.2, -0.15) is 5.10 Å². The molecule has 1 amide bonds. The van der Waals surface area contributed by atoms with Crippen molar-refractivity contribution in [3.63, 3.8) is 0 Å². The summed E-state index contributed by atoms with van der Waals surface area (Å²) >= 11 is 1.83. The highest BCUT2D eigenvalue weighted by Gasteiger charge is 2.27. The van der Waals surface area contributed by atoms with E-state index in [2.05, 4.69) is 28.4 Å². The summed E-state index contributed by atoms with van der Waals surface area (Å²) in [5.41, 5.74) is 3.43. The number of carbonyl (C=O) groups excluding carboxylic acids is 1. The van der Waals surface area contributed by atoms with Crippen LogP contribution >= 0.6 is 11.3 Å². The lowest BCUT2D eigenvalue weighted by atomic mass is 10.0. The second-order valence-corrected chi connectivity index (χ2v) is 8.07. The van der Waals surface area contributed by atoms with Gasteiger partial charge in [-0.15, -0.1) is 11.3 Å². The summed E-state index contributed by atoms with van der Waals surface area (Å²) in [6.45, 7) is 4.17. The van der Waals surface area contributed by atoms with Crippen molar-refractivity contribution < 1.29 is 4.79 Å². The molecule has 0 saturated carbocycles. The minimum Gasteiger partial charge on any atom is -0.340 e. The summed E-state index contributed by atoms with van der Waals surface area (Å²) in [5.74, 6) is 0.146. The van der Waals surface area contributed by atoms with E-state index in [1.54, 1.807) is 4.90 Å². The average molecular weight is 381 g/mol. The molecule has 1 atom stereocenters. The molecule has 3 heterocycles. The molecule has 3 aromatic rings. The van der Waals surface area contributed by atoms with Gasteiger partial charge in [-0.05, 0) is 42.5 Å². The second-order valence-electron chi connectivity index (χ2n) is 7.07. The lowest BCUT2D eigenvalue weighted by molar-refractivity contribution is -0.132. The zero-order valence-corrected chi connectivity index (χ0v) is 16.5. The van der Waals surface area contributed by atoms with Crippen LogP contribution in [-0.2, 0) is 17.8 Å². The smallest absolute Gasteiger partial charge is 0.236 e. The van der Waals surface area contributed by atoms with Crippen LogP contribution in [0.25, 0.3) is 5.69 Å². The summed E-state index contributed by atoms with van der Waals surface area (Å²) in [4.78, 5) is 18.3. The molecule has 1 aliphatic rings. The summed E-state index contributed by atoms with van der Waals surface area (Å²) in [6, 6.07) is 12.5. The molecule has 6 heteroatoms. The number of hydrogen-bond donors (Lipinski definition) is 0. The predicted octanol–water partition coefficient (Wildman–Crippen LogP) is 3.51. The van der Waals surface area contributed by atoms with Crippen molar-refractivity contribution in [3.8, 4) is 5.69 Å². The van der Waals surface area contributed by atoms with Crippen molar-refractivity contribution in [2.75, 3.05) is 20.1 Å². The van der Waals surface area contributed by atoms with E-state index in [4.69, 9.17) is 0 Å². The first-order chi connectivity index (χ1) is 13.1. The molecule has 0 bridgehead atoms. The van der Waals surface area contributed by atoms with Crippen LogP contribution in [0.2, 0.25) is 0 Å². The molecule has 0 aliphatic carbocycles. The monoisotopic (exact) mass is 380 g/mol. The Hall–Kier alpha value is -2.44. The maximum absolute atomic E-state index is 12.7. The van der Waals surface area contributed by atoms with Gasteiger partial charge >= 0.3 is 0 Å². The van der Waals surface area contributed by atoms with Gasteiger partial charge in [0.05, 0.1) is 18.4 Å². The maximum atomic E-state index is 12.7. The molecule has 0 fully saturated rings. The van der Waals surface area contributed by atoms with E-state index in [1.807, 2.05) is 65.8 Å². The highest BCUT2D eigenvalue weighted by molar-refractivity contribution is 7.10. The number of para-hydroxylation sites is 1. The highest BCUT2D eigenvalue weighted by Crippen LogP contribution is 2.32. The van der Waals surface area contributed by atoms with Gasteiger partial charge in [0.1, 0.15) is 0 Å². The quantitative estimate of drug-likeness (QED) is 0.680. The normalized spacial score (nSPS) is 16.9. The van der Waals surface area contributed by atoms with Gasteiger partial charge in [0.25, 0.3) is 0 Å². The zero-order valence-electron chi connectivity index (χ0n) is 15.7. The van der Waals surface area contributed by atoms with E-state index >= 15 is 0 Å². The van der Waals surface area contributed by atoms with Gasteiger partial charge in [-0.1, -0.05) is 18.2 Å². The highest BCUT2D eigenvalue weighted by atomic mass is 32.1. The van der Waals surface area contributed by atoms with Crippen LogP contribution in [-0.4, -0.2) is 45.6 Å². The first-order valence-corrected chi connectivity index (χ1v) is 10.1. The van der Waals surface area contributed by atoms with Crippen LogP contribution in [0, 0.1) is 0 Å². The molecular formula is C21H24N4OS. The van der Waals surface area contributed by atoms with E-state index in [0.717, 1.165) is 24.2 Å². The molecule has 1 aliphatic heterocycles. The lowest BCUT2D eigenvalue weighted by Crippen LogP contribution is -2.41. The van der Waals surface area contributed by atoms with E-state index in [9.17, 15) is 4.79 Å². The van der Waals surface area contributed by atoms with E-state index in [-0.39, 0.29) is 5.91 Å². The Kier molecular flexibility index (Phi) is 5.09. The Morgan fingerprint density at radius 1 is 1.30 bits per heavy atom. The Morgan fingerprint density at radius 3 is 2.93 bits per heavy atom. The van der Waals surface area contributed by atoms with Crippen LogP contribution < -0.4 is 0 Å². The average Bonchev–Trinajstić information content (AvgIpc) is 3.34. The standard InChI is InChI=1S/C21H24N4OS/c1-16-19-9-11-27-20(19)8-10-24(16)15-21(26)23(2)13-17-12-22-25(14-17)18-6-4-3-5-7-18/h3-7,9,11-12,14,16H,8,10,13,15H2,1-2H3. The van der Waals surface area contributed by atoms with Crippen LogP contribution in [0.5, 0.6) is 0 Å². The Morgan fingerprint density at radius 2 is 2.11 bits per heavy atom. The summed E-state index contributed by atoms with van der Waals surface area (Å²) in [6.07, 6.45) is 4.86. The first-order valence-electron chi connectivity index (χ1n) is 9.25. The minimum atomic E-state index is 0.146. The van der Waals surface area contributed by atoms with Gasteiger partial charge in [0.15, 0.2) is 0 Å². The van der Waals surface area contributed by atoms with Gasteiger partial charge in [0.2, 0.25) is 5.91 Å². The topological polar surface area (TPSA) is 41.4 Å². The molecule has 5 nitrogen and oxygen atoms in total. The third-order valence-electron chi connectivity index (χ3n) is 5.24. The molecular weight excluding hydrogens is 356 g/mol. The van der Waals surface area contributed by atoms with Crippen molar-refractivity contribution in [1.29, 1.82) is 0 Å². The third kappa shape index (κ3) is 3.82. The largest absolute Gasteiger partial charge is 0.340 e. The number of rotatable bonds is 5. The van der Waals surface area contributed by atoms with Gasteiger partial charge in [-0.25, -0.2) is 4.68 Å². The Labute approximate surface area is 163 Å². The number of amides is 1. The molecule has 1 unspecified atom stereocenters. The van der Waals surface area contributed by atoms with Crippen LogP contribution in [0.1, 0.15) is 29.0 Å². The fourth-order valence-corrected chi connectivity index (χ4v) is 4.56. The number of aromatic nitrogens is 2. The molecule has 2 aromatic heterocycles. The van der Waals surface area contributed by atoms with Crippen molar-refractivity contribution in [1.82, 2.24) is 19.6 Å². The van der Waals surface area contributed by atoms with Gasteiger partial charge in [-0.3, -0.25) is 9.69 Å². The van der Waals surface area contributed by atoms with Gasteiger partial charge < -0.3 is 4.90 Å². The molecule has 4 rings (SSSR count). The lowest BCUT2D eigenvalue weighted by Gasteiger charge is -2.34. The number of fused-ring (bicyclic) bond motifs is 1. The van der Waals surface area contributed by atoms with Gasteiger partial charge in [0, 0.05) is 42.8 Å². The molecule has 0 saturated heterocycles. The Bertz CT molecular complexity index is 917. The fraction of sp³-hybridized carbons (Fsp3) is 0.333. The second kappa shape index (κ2) is 7.66. The summed E-state index contributed by atoms with van der Waals surface area (Å²) in [7, 11) is 1.87. The van der Waals surface area contributed by atoms with Crippen molar-refractivity contribution in [3.05, 3.63) is 70.2 Å². The molecule has 0 radical (unpaired) electrons. The predicted molar refractivity (Wildman–Crippen MR) is 108 cm³/mol. The Balaban J connectivity index is 1.37. The summed E-state index contributed by atoms with van der Waals surface area (Å²) in [5, 5.41) is 6.57. The van der Waals surface area contributed by atoms with E-state index in [0.29, 0.717) is 19.1 Å². The zero-order chi connectivity index (χ0) is 18.8. The minimum absolute atomic E-state index is 0.146. The third-order valence-corrected chi connectivity index (χ3v) is 6.24. The SMILES string of the molecule is CC1c2ccsc2CCN1CC(=O)N(C)Cc1cnn(-c2ccccc2)c1. The number of benzene rings is 1. The maximum Gasteiger partial charge on any atom is 0.236 e. The number of thiophene rings is 1. The van der Waals surface area contributed by atoms with Crippen molar-refractivity contribution in [2.24, 2.45) is 0 Å². The number of hydrogen-bond acceptors (Lipinski definition) is 4. The molecule has 0 N–H and O–H groups in total. The number of nitrogens with zero attached hydrogens (tertiary/aromatic N) is 4. The molecule has 27 heavy (non-hydrogen) atoms.